The van der Waals surface area contributed by atoms with Crippen molar-refractivity contribution in [1.82, 2.24) is 0 Å². The standard InChI is InChI=1S/C8H21Si2.3CH3.Sn/c1-9(2)7-6-8-10(3,4)5;;;;/h6-8H2,1-5H3;3*1H3;. The predicted molar refractivity (Wildman–Crippen MR) is 78.4 cm³/mol. The molecule has 0 aromatic carbocycles. The van der Waals surface area contributed by atoms with Crippen LogP contribution in [-0.2, 0) is 0 Å². The molecule has 0 aliphatic carbocycles. The molecule has 3 heteroatoms. The van der Waals surface area contributed by atoms with Crippen molar-refractivity contribution in [3.63, 3.8) is 0 Å². The summed E-state index contributed by atoms with van der Waals surface area (Å²) in [5.74, 6) is 0. The van der Waals surface area contributed by atoms with Crippen molar-refractivity contribution in [1.29, 1.82) is 0 Å². The Bertz CT molecular complexity index is 114. The molecule has 0 bridgehead atoms. The Morgan fingerprint density at radius 2 is 1.36 bits per heavy atom. The summed E-state index contributed by atoms with van der Waals surface area (Å²) in [5, 5.41) is 0. The van der Waals surface area contributed by atoms with Gasteiger partial charge in [0.2, 0.25) is 0 Å². The third kappa shape index (κ3) is 29.2. The van der Waals surface area contributed by atoms with Crippen molar-refractivity contribution < 1.29 is 0 Å². The van der Waals surface area contributed by atoms with E-state index in [-0.39, 0.29) is 8.80 Å². The minimum atomic E-state index is -0.708. The zero-order chi connectivity index (χ0) is 11.8. The fourth-order valence-corrected chi connectivity index (χ4v) is 3.45. The van der Waals surface area contributed by atoms with Crippen LogP contribution in [0.4, 0.5) is 0 Å². The van der Waals surface area contributed by atoms with E-state index in [1.165, 1.54) is 18.5 Å². The molecule has 0 rings (SSSR count). The van der Waals surface area contributed by atoms with Gasteiger partial charge >= 0.3 is 34.6 Å². The SMILES string of the molecule is C[Si](C)CCC[Si](C)(C)C.[CH3][Sn]([CH3])[CH3]. The Labute approximate surface area is 102 Å². The molecule has 0 aliphatic heterocycles. The Hall–Kier alpha value is 1.23. The van der Waals surface area contributed by atoms with E-state index in [0.29, 0.717) is 0 Å². The van der Waals surface area contributed by atoms with E-state index in [9.17, 15) is 0 Å². The van der Waals surface area contributed by atoms with Crippen molar-refractivity contribution in [2.75, 3.05) is 0 Å². The third-order valence-electron chi connectivity index (χ3n) is 1.60. The van der Waals surface area contributed by atoms with E-state index in [2.05, 4.69) is 47.6 Å². The summed E-state index contributed by atoms with van der Waals surface area (Å²) in [4.78, 5) is 7.09. The Kier molecular flexibility index (Phi) is 11.9. The van der Waals surface area contributed by atoms with Crippen LogP contribution in [0.15, 0.2) is 0 Å². The normalized spacial score (nSPS) is 11.6. The first kappa shape index (κ1) is 17.6. The van der Waals surface area contributed by atoms with Gasteiger partial charge in [0, 0.05) is 16.9 Å². The zero-order valence-electron chi connectivity index (χ0n) is 11.6. The zero-order valence-corrected chi connectivity index (χ0v) is 16.5. The molecule has 0 unspecified atom stereocenters. The summed E-state index contributed by atoms with van der Waals surface area (Å²) in [5.41, 5.74) is 0. The monoisotopic (exact) mass is 338 g/mol. The van der Waals surface area contributed by atoms with Gasteiger partial charge < -0.3 is 0 Å². The molecule has 0 aromatic rings. The molecule has 0 aliphatic rings. The van der Waals surface area contributed by atoms with E-state index in [1.54, 1.807) is 0 Å². The fraction of sp³-hybridized carbons (Fsp3) is 1.00. The van der Waals surface area contributed by atoms with Gasteiger partial charge in [-0.2, -0.15) is 0 Å². The van der Waals surface area contributed by atoms with E-state index in [0.717, 1.165) is 0 Å². The fourth-order valence-electron chi connectivity index (χ4n) is 0.972. The minimum absolute atomic E-state index is 0.0655. The van der Waals surface area contributed by atoms with Gasteiger partial charge in [0.05, 0.1) is 0 Å². The summed E-state index contributed by atoms with van der Waals surface area (Å²) in [6.45, 7) is 12.2. The van der Waals surface area contributed by atoms with Gasteiger partial charge in [-0.05, 0) is 0 Å². The molecule has 0 aromatic heterocycles. The molecule has 0 fully saturated rings. The predicted octanol–water partition coefficient (Wildman–Crippen LogP) is 4.84. The Morgan fingerprint density at radius 1 is 1.00 bits per heavy atom. The van der Waals surface area contributed by atoms with Crippen molar-refractivity contribution >= 4 is 36.6 Å². The van der Waals surface area contributed by atoms with Gasteiger partial charge in [-0.25, -0.2) is 0 Å². The molecule has 0 nitrogen and oxygen atoms in total. The second-order valence-electron chi connectivity index (χ2n) is 6.12. The number of hydrogen-bond acceptors (Lipinski definition) is 0. The molecule has 14 heavy (non-hydrogen) atoms. The molecular formula is C11H30Si2Sn. The molecule has 0 saturated heterocycles. The number of rotatable bonds is 4. The van der Waals surface area contributed by atoms with Crippen LogP contribution in [0.2, 0.25) is 59.6 Å². The molecule has 2 radical (unpaired) electrons. The molecule has 0 saturated carbocycles. The molecule has 86 valence electrons. The quantitative estimate of drug-likeness (QED) is 0.644. The maximum absolute atomic E-state index is 2.46. The van der Waals surface area contributed by atoms with Gasteiger partial charge in [-0.1, -0.05) is 51.2 Å². The average molecular weight is 337 g/mol. The summed E-state index contributed by atoms with van der Waals surface area (Å²) in [6.07, 6.45) is 1.50. The van der Waals surface area contributed by atoms with Crippen LogP contribution in [0.3, 0.4) is 0 Å². The van der Waals surface area contributed by atoms with E-state index >= 15 is 0 Å². The first-order valence-corrected chi connectivity index (χ1v) is 20.7. The molecular weight excluding hydrogens is 307 g/mol. The maximum atomic E-state index is 2.46. The summed E-state index contributed by atoms with van der Waals surface area (Å²) in [7, 11) is -0.642. The topological polar surface area (TPSA) is 0 Å². The van der Waals surface area contributed by atoms with Crippen LogP contribution in [0.1, 0.15) is 6.42 Å². The molecule has 0 N–H and O–H groups in total. The van der Waals surface area contributed by atoms with Crippen molar-refractivity contribution in [3.8, 4) is 0 Å². The van der Waals surface area contributed by atoms with Crippen molar-refractivity contribution in [2.24, 2.45) is 0 Å². The molecule has 0 spiro atoms. The van der Waals surface area contributed by atoms with Crippen LogP contribution in [0, 0.1) is 0 Å². The van der Waals surface area contributed by atoms with E-state index in [1.807, 2.05) is 0 Å². The summed E-state index contributed by atoms with van der Waals surface area (Å²) >= 11 is -0.543. The third-order valence-corrected chi connectivity index (χ3v) is 4.81. The second kappa shape index (κ2) is 9.46. The summed E-state index contributed by atoms with van der Waals surface area (Å²) in [6, 6.07) is 3.05. The molecule has 0 atom stereocenters. The van der Waals surface area contributed by atoms with Gasteiger partial charge in [0.1, 0.15) is 0 Å². The van der Waals surface area contributed by atoms with Crippen LogP contribution >= 0.6 is 0 Å². The first-order chi connectivity index (χ1) is 6.15. The first-order valence-electron chi connectivity index (χ1n) is 5.71. The van der Waals surface area contributed by atoms with Gasteiger partial charge in [0.25, 0.3) is 0 Å². The van der Waals surface area contributed by atoms with Gasteiger partial charge in [-0.15, -0.1) is 0 Å². The van der Waals surface area contributed by atoms with Crippen LogP contribution < -0.4 is 0 Å². The van der Waals surface area contributed by atoms with Gasteiger partial charge in [0.15, 0.2) is 0 Å². The summed E-state index contributed by atoms with van der Waals surface area (Å²) < 4.78 is 0. The van der Waals surface area contributed by atoms with Crippen LogP contribution in [0.25, 0.3) is 0 Å². The van der Waals surface area contributed by atoms with Crippen LogP contribution in [-0.4, -0.2) is 36.6 Å². The number of hydrogen-bond donors (Lipinski definition) is 0. The second-order valence-corrected chi connectivity index (χ2v) is 23.2. The molecule has 0 amide bonds. The van der Waals surface area contributed by atoms with Crippen LogP contribution in [0.5, 0.6) is 0 Å². The van der Waals surface area contributed by atoms with Crippen molar-refractivity contribution in [3.05, 3.63) is 0 Å². The van der Waals surface area contributed by atoms with E-state index in [4.69, 9.17) is 0 Å². The Balaban J connectivity index is 0. The Morgan fingerprint density at radius 3 is 1.57 bits per heavy atom. The van der Waals surface area contributed by atoms with E-state index < -0.39 is 27.8 Å². The van der Waals surface area contributed by atoms with Crippen molar-refractivity contribution in [2.45, 2.75) is 66.1 Å². The van der Waals surface area contributed by atoms with Gasteiger partial charge in [-0.3, -0.25) is 0 Å². The average Bonchev–Trinajstić information content (AvgIpc) is 1.80. The molecule has 0 heterocycles.